The first-order valence-electron chi connectivity index (χ1n) is 8.74. The number of aromatic nitrogens is 4. The van der Waals surface area contributed by atoms with Crippen molar-refractivity contribution < 1.29 is 9.59 Å². The minimum absolute atomic E-state index is 0.174. The number of amides is 2. The van der Waals surface area contributed by atoms with Gasteiger partial charge in [-0.2, -0.15) is 0 Å². The summed E-state index contributed by atoms with van der Waals surface area (Å²) < 4.78 is 2.60. The lowest BCUT2D eigenvalue weighted by Gasteiger charge is -2.06. The van der Waals surface area contributed by atoms with E-state index in [1.54, 1.807) is 4.68 Å². The average molecular weight is 415 g/mol. The number of rotatable bonds is 7. The molecule has 1 aliphatic rings. The molecule has 0 bridgehead atoms. The third kappa shape index (κ3) is 3.92. The Bertz CT molecular complexity index is 1030. The molecule has 1 aromatic carbocycles. The van der Waals surface area contributed by atoms with Crippen LogP contribution in [0.15, 0.2) is 34.5 Å². The number of nitrogens with one attached hydrogen (secondary N) is 1. The number of anilines is 1. The molecular weight excluding hydrogens is 396 g/mol. The van der Waals surface area contributed by atoms with Crippen LogP contribution < -0.4 is 11.1 Å². The molecule has 0 atom stereocenters. The van der Waals surface area contributed by atoms with Crippen molar-refractivity contribution in [2.45, 2.75) is 29.9 Å². The first-order valence-corrected chi connectivity index (χ1v) is 10.5. The fraction of sp³-hybridized carbons (Fsp3) is 0.278. The maximum absolute atomic E-state index is 12.9. The Balaban J connectivity index is 1.57. The molecule has 10 heteroatoms. The van der Waals surface area contributed by atoms with Gasteiger partial charge in [0.2, 0.25) is 5.91 Å². The van der Waals surface area contributed by atoms with E-state index in [0.29, 0.717) is 10.8 Å². The number of carbonyl (C=O) groups is 2. The van der Waals surface area contributed by atoms with Gasteiger partial charge in [0.1, 0.15) is 0 Å². The van der Waals surface area contributed by atoms with Gasteiger partial charge in [-0.1, -0.05) is 34.7 Å². The average Bonchev–Trinajstić information content (AvgIpc) is 3.32. The van der Waals surface area contributed by atoms with Crippen LogP contribution >= 0.6 is 23.1 Å². The van der Waals surface area contributed by atoms with Gasteiger partial charge in [0.25, 0.3) is 5.91 Å². The highest BCUT2D eigenvalue weighted by molar-refractivity contribution is 8.01. The molecule has 1 saturated carbocycles. The van der Waals surface area contributed by atoms with Crippen molar-refractivity contribution in [1.29, 1.82) is 0 Å². The zero-order chi connectivity index (χ0) is 19.7. The zero-order valence-electron chi connectivity index (χ0n) is 15.1. The number of hydrogen-bond donors (Lipinski definition) is 2. The lowest BCUT2D eigenvalue weighted by molar-refractivity contribution is -0.115. The van der Waals surface area contributed by atoms with Crippen molar-refractivity contribution in [3.05, 3.63) is 47.4 Å². The summed E-state index contributed by atoms with van der Waals surface area (Å²) in [6.45, 7) is 1.83. The molecule has 2 amide bonds. The highest BCUT2D eigenvalue weighted by atomic mass is 32.2. The summed E-state index contributed by atoms with van der Waals surface area (Å²) in [4.78, 5) is 28.2. The van der Waals surface area contributed by atoms with Crippen molar-refractivity contribution >= 4 is 40.0 Å². The molecule has 2 heterocycles. The van der Waals surface area contributed by atoms with E-state index in [0.717, 1.165) is 34.1 Å². The fourth-order valence-electron chi connectivity index (χ4n) is 2.80. The molecule has 0 radical (unpaired) electrons. The van der Waals surface area contributed by atoms with E-state index in [4.69, 9.17) is 5.73 Å². The van der Waals surface area contributed by atoms with Crippen LogP contribution in [0.5, 0.6) is 0 Å². The Labute approximate surface area is 169 Å². The number of carbonyl (C=O) groups excluding carboxylic acids is 2. The lowest BCUT2D eigenvalue weighted by atomic mass is 10.2. The SMILES string of the molecule is Cc1nc(NC(=O)c2nnn(-c3ccccc3)c2C2CC2)sc1SCC(N)=O. The van der Waals surface area contributed by atoms with E-state index in [9.17, 15) is 9.59 Å². The third-order valence-electron chi connectivity index (χ3n) is 4.20. The molecule has 3 aromatic rings. The molecule has 8 nitrogen and oxygen atoms in total. The first-order chi connectivity index (χ1) is 13.5. The van der Waals surface area contributed by atoms with E-state index in [-0.39, 0.29) is 17.6 Å². The molecule has 144 valence electrons. The largest absolute Gasteiger partial charge is 0.369 e. The second kappa shape index (κ2) is 7.72. The minimum Gasteiger partial charge on any atom is -0.369 e. The molecule has 4 rings (SSSR count). The molecule has 0 saturated heterocycles. The molecule has 1 fully saturated rings. The molecule has 3 N–H and O–H groups in total. The molecular formula is C18H18N6O2S2. The van der Waals surface area contributed by atoms with E-state index in [1.165, 1.54) is 23.1 Å². The third-order valence-corrected chi connectivity index (χ3v) is 6.66. The standard InChI is InChI=1S/C18H18N6O2S2/c1-10-17(27-9-13(19)25)28-18(20-10)21-16(26)14-15(11-7-8-11)24(23-22-14)12-5-3-2-4-6-12/h2-6,11H,7-9H2,1H3,(H2,19,25)(H,20,21,26). The van der Waals surface area contributed by atoms with Crippen molar-refractivity contribution in [3.63, 3.8) is 0 Å². The number of thioether (sulfide) groups is 1. The Morgan fingerprint density at radius 2 is 2.07 bits per heavy atom. The number of aryl methyl sites for hydroxylation is 1. The van der Waals surface area contributed by atoms with E-state index in [2.05, 4.69) is 20.6 Å². The number of nitrogens with two attached hydrogens (primary N) is 1. The van der Waals surface area contributed by atoms with Gasteiger partial charge in [-0.25, -0.2) is 9.67 Å². The van der Waals surface area contributed by atoms with Crippen LogP contribution in [-0.2, 0) is 4.79 Å². The predicted molar refractivity (Wildman–Crippen MR) is 108 cm³/mol. The topological polar surface area (TPSA) is 116 Å². The van der Waals surface area contributed by atoms with Crippen LogP contribution in [0.2, 0.25) is 0 Å². The number of thiazole rings is 1. The van der Waals surface area contributed by atoms with Gasteiger partial charge in [-0.05, 0) is 31.9 Å². The van der Waals surface area contributed by atoms with Gasteiger partial charge < -0.3 is 5.73 Å². The van der Waals surface area contributed by atoms with Crippen molar-refractivity contribution in [2.75, 3.05) is 11.1 Å². The minimum atomic E-state index is -0.394. The smallest absolute Gasteiger partial charge is 0.279 e. The van der Waals surface area contributed by atoms with Gasteiger partial charge >= 0.3 is 0 Å². The number of primary amides is 1. The maximum Gasteiger partial charge on any atom is 0.279 e. The number of para-hydroxylation sites is 1. The van der Waals surface area contributed by atoms with E-state index in [1.807, 2.05) is 37.3 Å². The number of nitrogens with zero attached hydrogens (tertiary/aromatic N) is 4. The molecule has 0 spiro atoms. The normalized spacial score (nSPS) is 13.5. The highest BCUT2D eigenvalue weighted by Gasteiger charge is 2.34. The van der Waals surface area contributed by atoms with E-state index >= 15 is 0 Å². The summed E-state index contributed by atoms with van der Waals surface area (Å²) in [7, 11) is 0. The van der Waals surface area contributed by atoms with Gasteiger partial charge in [0, 0.05) is 5.92 Å². The summed E-state index contributed by atoms with van der Waals surface area (Å²) in [6, 6.07) is 9.67. The summed E-state index contributed by atoms with van der Waals surface area (Å²) in [5, 5.41) is 11.6. The van der Waals surface area contributed by atoms with Crippen LogP contribution in [0.4, 0.5) is 5.13 Å². The van der Waals surface area contributed by atoms with Crippen LogP contribution in [-0.4, -0.2) is 37.5 Å². The van der Waals surface area contributed by atoms with Gasteiger partial charge in [0.15, 0.2) is 10.8 Å². The summed E-state index contributed by atoms with van der Waals surface area (Å²) in [6.07, 6.45) is 2.04. The fourth-order valence-corrected chi connectivity index (χ4v) is 4.67. The number of hydrogen-bond acceptors (Lipinski definition) is 7. The van der Waals surface area contributed by atoms with Gasteiger partial charge in [-0.15, -0.1) is 16.9 Å². The first kappa shape index (κ1) is 18.6. The Hall–Kier alpha value is -2.72. The monoisotopic (exact) mass is 414 g/mol. The van der Waals surface area contributed by atoms with Crippen molar-refractivity contribution in [2.24, 2.45) is 5.73 Å². The van der Waals surface area contributed by atoms with Crippen LogP contribution in [0.25, 0.3) is 5.69 Å². The summed E-state index contributed by atoms with van der Waals surface area (Å²) >= 11 is 2.63. The summed E-state index contributed by atoms with van der Waals surface area (Å²) in [5.74, 6) is -0.261. The second-order valence-corrected chi connectivity index (χ2v) is 8.69. The molecule has 0 aliphatic heterocycles. The Morgan fingerprint density at radius 3 is 2.75 bits per heavy atom. The molecule has 1 aliphatic carbocycles. The maximum atomic E-state index is 12.9. The highest BCUT2D eigenvalue weighted by Crippen LogP contribution is 2.42. The molecule has 28 heavy (non-hydrogen) atoms. The van der Waals surface area contributed by atoms with Crippen molar-refractivity contribution in [1.82, 2.24) is 20.0 Å². The van der Waals surface area contributed by atoms with E-state index < -0.39 is 5.91 Å². The predicted octanol–water partition coefficient (Wildman–Crippen LogP) is 2.74. The van der Waals surface area contributed by atoms with Gasteiger partial charge in [0.05, 0.1) is 27.0 Å². The van der Waals surface area contributed by atoms with Gasteiger partial charge in [-0.3, -0.25) is 14.9 Å². The number of benzene rings is 1. The molecule has 0 unspecified atom stereocenters. The van der Waals surface area contributed by atoms with Crippen LogP contribution in [0.3, 0.4) is 0 Å². The zero-order valence-corrected chi connectivity index (χ0v) is 16.7. The second-order valence-electron chi connectivity index (χ2n) is 6.45. The quantitative estimate of drug-likeness (QED) is 0.574. The summed E-state index contributed by atoms with van der Waals surface area (Å²) in [5.41, 5.74) is 7.98. The molecule has 2 aromatic heterocycles. The lowest BCUT2D eigenvalue weighted by Crippen LogP contribution is -2.15. The van der Waals surface area contributed by atoms with Crippen LogP contribution in [0, 0.1) is 6.92 Å². The van der Waals surface area contributed by atoms with Crippen molar-refractivity contribution in [3.8, 4) is 5.69 Å². The Kier molecular flexibility index (Phi) is 5.14. The Morgan fingerprint density at radius 1 is 1.32 bits per heavy atom. The van der Waals surface area contributed by atoms with Crippen LogP contribution in [0.1, 0.15) is 40.6 Å².